The summed E-state index contributed by atoms with van der Waals surface area (Å²) in [6, 6.07) is 11.9. The summed E-state index contributed by atoms with van der Waals surface area (Å²) in [5, 5.41) is 35.3. The van der Waals surface area contributed by atoms with E-state index in [-0.39, 0.29) is 11.4 Å². The second kappa shape index (κ2) is 7.64. The van der Waals surface area contributed by atoms with Crippen molar-refractivity contribution in [3.63, 3.8) is 0 Å². The van der Waals surface area contributed by atoms with Gasteiger partial charge in [-0.15, -0.1) is 11.3 Å². The molecule has 0 atom stereocenters. The van der Waals surface area contributed by atoms with Crippen molar-refractivity contribution in [2.45, 2.75) is 0 Å². The molecule has 0 fully saturated rings. The molecule has 3 N–H and O–H groups in total. The van der Waals surface area contributed by atoms with Crippen LogP contribution in [0.2, 0.25) is 0 Å². The summed E-state index contributed by atoms with van der Waals surface area (Å²) in [6.45, 7) is 0. The first-order chi connectivity index (χ1) is 14.0. The fourth-order valence-electron chi connectivity index (χ4n) is 2.52. The van der Waals surface area contributed by atoms with Crippen LogP contribution in [0.4, 0.5) is 10.1 Å². The predicted octanol–water partition coefficient (Wildman–Crippen LogP) is 4.18. The summed E-state index contributed by atoms with van der Waals surface area (Å²) in [5.41, 5.74) is 1.34. The van der Waals surface area contributed by atoms with Crippen LogP contribution in [-0.4, -0.2) is 26.2 Å². The molecule has 9 heteroatoms. The van der Waals surface area contributed by atoms with Crippen LogP contribution in [0.25, 0.3) is 11.5 Å². The highest BCUT2D eigenvalue weighted by Crippen LogP contribution is 2.36. The number of furan rings is 1. The van der Waals surface area contributed by atoms with Crippen LogP contribution in [0.5, 0.6) is 17.2 Å². The van der Waals surface area contributed by atoms with E-state index in [0.29, 0.717) is 21.9 Å². The number of aromatic hydroxyl groups is 3. The van der Waals surface area contributed by atoms with Gasteiger partial charge in [0.15, 0.2) is 17.3 Å². The van der Waals surface area contributed by atoms with Crippen molar-refractivity contribution in [3.8, 4) is 28.7 Å². The molecule has 146 valence electrons. The number of benzene rings is 2. The van der Waals surface area contributed by atoms with Crippen LogP contribution in [0.1, 0.15) is 5.56 Å². The molecule has 0 aliphatic heterocycles. The van der Waals surface area contributed by atoms with Crippen molar-refractivity contribution >= 4 is 23.2 Å². The van der Waals surface area contributed by atoms with Crippen molar-refractivity contribution < 1.29 is 24.1 Å². The first-order valence-corrected chi connectivity index (χ1v) is 9.24. The van der Waals surface area contributed by atoms with Crippen LogP contribution < -0.4 is 4.80 Å². The maximum atomic E-state index is 13.2. The lowest BCUT2D eigenvalue weighted by Gasteiger charge is -2.04. The third-order valence-electron chi connectivity index (χ3n) is 3.98. The van der Waals surface area contributed by atoms with E-state index in [4.69, 9.17) is 4.42 Å². The molecule has 4 rings (SSSR count). The third kappa shape index (κ3) is 3.76. The van der Waals surface area contributed by atoms with Crippen LogP contribution in [-0.2, 0) is 0 Å². The van der Waals surface area contributed by atoms with E-state index in [0.717, 1.165) is 0 Å². The van der Waals surface area contributed by atoms with Crippen molar-refractivity contribution in [1.82, 2.24) is 4.68 Å². The minimum Gasteiger partial charge on any atom is -0.504 e. The van der Waals surface area contributed by atoms with E-state index in [1.165, 1.54) is 52.8 Å². The number of phenolic OH excluding ortho intramolecular Hbond substituents is 3. The summed E-state index contributed by atoms with van der Waals surface area (Å²) in [6.07, 6.45) is 2.85. The van der Waals surface area contributed by atoms with Crippen molar-refractivity contribution in [2.24, 2.45) is 10.1 Å². The molecular weight excluding hydrogens is 397 g/mol. The number of phenols is 3. The molecule has 0 saturated carbocycles. The SMILES string of the molecule is Oc1ccc(C=Nn2c(-c3ccco3)csc2=Nc2ccc(F)cc2)c(O)c1O. The van der Waals surface area contributed by atoms with E-state index in [2.05, 4.69) is 10.1 Å². The molecule has 0 aliphatic carbocycles. The standard InChI is InChI=1S/C20H14FN3O4S/c21-13-4-6-14(7-5-13)23-20-24(15(11-29-20)17-2-1-9-28-17)22-10-12-3-8-16(25)19(27)18(12)26/h1-11,25-27H. The number of hydrogen-bond acceptors (Lipinski definition) is 7. The van der Waals surface area contributed by atoms with E-state index in [1.807, 2.05) is 0 Å². The highest BCUT2D eigenvalue weighted by atomic mass is 32.1. The maximum Gasteiger partial charge on any atom is 0.211 e. The third-order valence-corrected chi connectivity index (χ3v) is 4.80. The topological polar surface area (TPSA) is 103 Å². The van der Waals surface area contributed by atoms with Gasteiger partial charge in [-0.25, -0.2) is 14.1 Å². The molecule has 0 bridgehead atoms. The normalized spacial score (nSPS) is 12.1. The molecule has 2 heterocycles. The zero-order valence-corrected chi connectivity index (χ0v) is 15.5. The number of thiazole rings is 1. The van der Waals surface area contributed by atoms with Crippen LogP contribution in [0.3, 0.4) is 0 Å². The largest absolute Gasteiger partial charge is 0.504 e. The minimum absolute atomic E-state index is 0.192. The Morgan fingerprint density at radius 2 is 1.79 bits per heavy atom. The van der Waals surface area contributed by atoms with Crippen LogP contribution in [0, 0.1) is 5.82 Å². The number of nitrogens with zero attached hydrogens (tertiary/aromatic N) is 3. The summed E-state index contributed by atoms with van der Waals surface area (Å²) in [5.74, 6) is -1.38. The van der Waals surface area contributed by atoms with Crippen molar-refractivity contribution in [1.29, 1.82) is 0 Å². The van der Waals surface area contributed by atoms with E-state index in [9.17, 15) is 19.7 Å². The van der Waals surface area contributed by atoms with Gasteiger partial charge in [0.05, 0.1) is 18.2 Å². The highest BCUT2D eigenvalue weighted by molar-refractivity contribution is 7.07. The first-order valence-electron chi connectivity index (χ1n) is 8.36. The lowest BCUT2D eigenvalue weighted by atomic mass is 10.2. The quantitative estimate of drug-likeness (QED) is 0.346. The average Bonchev–Trinajstić information content (AvgIpc) is 3.37. The first kappa shape index (κ1) is 18.5. The Kier molecular flexibility index (Phi) is 4.88. The summed E-state index contributed by atoms with van der Waals surface area (Å²) in [4.78, 5) is 4.96. The molecule has 0 spiro atoms. The molecule has 0 saturated heterocycles. The van der Waals surface area contributed by atoms with Gasteiger partial charge in [0.25, 0.3) is 0 Å². The minimum atomic E-state index is -0.633. The van der Waals surface area contributed by atoms with E-state index < -0.39 is 17.2 Å². The fraction of sp³-hybridized carbons (Fsp3) is 0. The lowest BCUT2D eigenvalue weighted by Crippen LogP contribution is -2.11. The summed E-state index contributed by atoms with van der Waals surface area (Å²) in [7, 11) is 0. The molecule has 2 aromatic carbocycles. The number of halogens is 1. The Morgan fingerprint density at radius 1 is 1.00 bits per heavy atom. The van der Waals surface area contributed by atoms with E-state index in [1.54, 1.807) is 29.6 Å². The van der Waals surface area contributed by atoms with Gasteiger partial charge in [0.2, 0.25) is 10.6 Å². The Hall–Kier alpha value is -3.85. The number of rotatable bonds is 4. The molecule has 7 nitrogen and oxygen atoms in total. The van der Waals surface area contributed by atoms with Gasteiger partial charge in [-0.05, 0) is 48.5 Å². The van der Waals surface area contributed by atoms with Gasteiger partial charge in [0.1, 0.15) is 11.5 Å². The molecular formula is C20H14FN3O4S. The van der Waals surface area contributed by atoms with Crippen molar-refractivity contribution in [2.75, 3.05) is 0 Å². The van der Waals surface area contributed by atoms with Gasteiger partial charge in [-0.3, -0.25) is 0 Å². The smallest absolute Gasteiger partial charge is 0.211 e. The zero-order valence-electron chi connectivity index (χ0n) is 14.7. The van der Waals surface area contributed by atoms with Crippen LogP contribution in [0.15, 0.2) is 74.7 Å². The monoisotopic (exact) mass is 411 g/mol. The van der Waals surface area contributed by atoms with Gasteiger partial charge < -0.3 is 19.7 Å². The predicted molar refractivity (Wildman–Crippen MR) is 106 cm³/mol. The Balaban J connectivity index is 1.83. The molecule has 0 amide bonds. The maximum absolute atomic E-state index is 13.2. The zero-order chi connectivity index (χ0) is 20.4. The summed E-state index contributed by atoms with van der Waals surface area (Å²) >= 11 is 1.30. The highest BCUT2D eigenvalue weighted by Gasteiger charge is 2.12. The molecule has 0 radical (unpaired) electrons. The fourth-order valence-corrected chi connectivity index (χ4v) is 3.35. The second-order valence-electron chi connectivity index (χ2n) is 5.90. The summed E-state index contributed by atoms with van der Waals surface area (Å²) < 4.78 is 20.1. The van der Waals surface area contributed by atoms with Gasteiger partial charge in [-0.1, -0.05) is 0 Å². The molecule has 4 aromatic rings. The van der Waals surface area contributed by atoms with Gasteiger partial charge in [0, 0.05) is 10.9 Å². The molecule has 0 unspecified atom stereocenters. The molecule has 29 heavy (non-hydrogen) atoms. The second-order valence-corrected chi connectivity index (χ2v) is 6.73. The average molecular weight is 411 g/mol. The molecule has 2 aromatic heterocycles. The van der Waals surface area contributed by atoms with Crippen LogP contribution >= 0.6 is 11.3 Å². The lowest BCUT2D eigenvalue weighted by molar-refractivity contribution is 0.367. The Morgan fingerprint density at radius 3 is 2.52 bits per heavy atom. The van der Waals surface area contributed by atoms with Crippen molar-refractivity contribution in [3.05, 3.63) is 76.4 Å². The van der Waals surface area contributed by atoms with E-state index >= 15 is 0 Å². The van der Waals surface area contributed by atoms with Gasteiger partial charge >= 0.3 is 0 Å². The Labute approximate surface area is 167 Å². The Bertz CT molecular complexity index is 1240. The molecule has 0 aliphatic rings. The van der Waals surface area contributed by atoms with Gasteiger partial charge in [-0.2, -0.15) is 5.10 Å². The number of aromatic nitrogens is 1. The number of hydrogen-bond donors (Lipinski definition) is 3.